The van der Waals surface area contributed by atoms with Crippen LogP contribution in [-0.4, -0.2) is 59.7 Å². The Kier molecular flexibility index (Phi) is 3.97. The van der Waals surface area contributed by atoms with Crippen LogP contribution in [0, 0.1) is 5.82 Å². The molecular formula is C25H27FN4O4. The lowest BCUT2D eigenvalue weighted by Crippen LogP contribution is -2.52. The van der Waals surface area contributed by atoms with Crippen molar-refractivity contribution >= 4 is 23.4 Å². The Hall–Kier alpha value is -3.30. The lowest BCUT2D eigenvalue weighted by atomic mass is 10.0. The molecule has 0 spiro atoms. The van der Waals surface area contributed by atoms with Crippen LogP contribution in [0.5, 0.6) is 0 Å². The first-order valence-corrected chi connectivity index (χ1v) is 10.6. The van der Waals surface area contributed by atoms with Crippen LogP contribution in [0.4, 0.5) is 10.1 Å². The van der Waals surface area contributed by atoms with Crippen LogP contribution < -0.4 is 10.6 Å². The van der Waals surface area contributed by atoms with Crippen LogP contribution in [0.3, 0.4) is 0 Å². The van der Waals surface area contributed by atoms with E-state index in [-0.39, 0.29) is 42.6 Å². The fourth-order valence-corrected chi connectivity index (χ4v) is 4.07. The highest BCUT2D eigenvalue weighted by molar-refractivity contribution is 6.06. The normalized spacial score (nSPS) is 32.9. The Morgan fingerprint density at radius 1 is 1.21 bits per heavy atom. The molecule has 0 bridgehead atoms. The minimum absolute atomic E-state index is 0.0503. The predicted octanol–water partition coefficient (Wildman–Crippen LogP) is 2.03. The van der Waals surface area contributed by atoms with Crippen molar-refractivity contribution in [2.24, 2.45) is 0 Å². The van der Waals surface area contributed by atoms with Crippen molar-refractivity contribution in [3.63, 3.8) is 0 Å². The number of anilines is 1. The number of hydrogen-bond donors (Lipinski definition) is 2. The highest BCUT2D eigenvalue weighted by Gasteiger charge is 2.39. The van der Waals surface area contributed by atoms with Crippen molar-refractivity contribution in [1.82, 2.24) is 15.1 Å². The molecule has 178 valence electrons. The molecule has 3 heterocycles. The fraction of sp³-hybridized carbons (Fsp3) is 0.400. The number of amides is 3. The summed E-state index contributed by atoms with van der Waals surface area (Å²) in [5.41, 5.74) is 1.39. The maximum absolute atomic E-state index is 15.2. The number of carbonyl (C=O) groups is 3. The molecule has 3 aliphatic rings. The number of halogens is 1. The Bertz CT molecular complexity index is 1500. The van der Waals surface area contributed by atoms with E-state index >= 15 is 4.39 Å². The molecule has 2 aromatic carbocycles. The van der Waals surface area contributed by atoms with Gasteiger partial charge in [-0.2, -0.15) is 0 Å². The first-order valence-electron chi connectivity index (χ1n) is 15.1. The molecule has 2 aromatic rings. The number of rotatable bonds is 6. The molecule has 0 saturated carbocycles. The predicted molar refractivity (Wildman–Crippen MR) is 122 cm³/mol. The molecule has 3 aliphatic heterocycles. The zero-order chi connectivity index (χ0) is 31.8. The van der Waals surface area contributed by atoms with Gasteiger partial charge in [-0.3, -0.25) is 24.6 Å². The van der Waals surface area contributed by atoms with E-state index < -0.39 is 62.2 Å². The summed E-state index contributed by atoms with van der Waals surface area (Å²) in [4.78, 5) is 38.6. The van der Waals surface area contributed by atoms with E-state index in [2.05, 4.69) is 15.4 Å². The minimum atomic E-state index is -3.21. The number of nitrogens with one attached hydrogen (secondary N) is 2. The smallest absolute Gasteiger partial charge is 0.255 e. The number of ether oxygens (including phenoxy) is 1. The summed E-state index contributed by atoms with van der Waals surface area (Å²) in [5.74, 6) is -2.71. The van der Waals surface area contributed by atoms with Gasteiger partial charge in [0.2, 0.25) is 11.8 Å². The molecule has 1 unspecified atom stereocenters. The first-order chi connectivity index (χ1) is 19.8. The van der Waals surface area contributed by atoms with Crippen molar-refractivity contribution in [2.75, 3.05) is 31.4 Å². The molecule has 0 radical (unpaired) electrons. The molecule has 8 nitrogen and oxygen atoms in total. The Morgan fingerprint density at radius 2 is 2.03 bits per heavy atom. The SMILES string of the molecule is [2H]C1(N2Cc3c(NCc4ccc(CN5C([2H])([2H])C([2H])([2H])OC([2H])([2H])C5([2H])[2H])cc4F)cccc3C2=O)CCC(=O)NC1=O. The summed E-state index contributed by atoms with van der Waals surface area (Å²) in [6.07, 6.45) is -0.239. The van der Waals surface area contributed by atoms with E-state index in [0.717, 1.165) is 11.0 Å². The van der Waals surface area contributed by atoms with Gasteiger partial charge in [0.15, 0.2) is 0 Å². The van der Waals surface area contributed by atoms with E-state index in [1.54, 1.807) is 18.2 Å². The number of piperidine rings is 1. The average Bonchev–Trinajstić information content (AvgIpc) is 3.25. The van der Waals surface area contributed by atoms with Crippen molar-refractivity contribution < 1.29 is 35.8 Å². The Balaban J connectivity index is 1.33. The van der Waals surface area contributed by atoms with Gasteiger partial charge < -0.3 is 15.0 Å². The summed E-state index contributed by atoms with van der Waals surface area (Å²) in [6.45, 7) is -13.5. The molecule has 0 aromatic heterocycles. The molecular weight excluding hydrogens is 439 g/mol. The zero-order valence-electron chi connectivity index (χ0n) is 26.9. The van der Waals surface area contributed by atoms with E-state index in [9.17, 15) is 14.4 Å². The standard InChI is InChI=1S/C25H27FN4O4/c26-20-12-16(14-29-8-10-34-11-9-29)4-5-17(20)13-27-21-3-1-2-18-19(21)15-30(25(18)33)22-6-7-23(31)28-24(22)32/h1-5,12,22,27H,6-11,13-15H2,(H,28,31,32)/i8D2,9D2,10D2,11D2,22D. The lowest BCUT2D eigenvalue weighted by molar-refractivity contribution is -0.136. The van der Waals surface area contributed by atoms with E-state index in [0.29, 0.717) is 16.2 Å². The maximum Gasteiger partial charge on any atom is 0.255 e. The number of morpholine rings is 1. The Labute approximate surface area is 209 Å². The second-order valence-corrected chi connectivity index (χ2v) is 7.94. The number of hydrogen-bond acceptors (Lipinski definition) is 6. The van der Waals surface area contributed by atoms with Crippen molar-refractivity contribution in [3.8, 4) is 0 Å². The van der Waals surface area contributed by atoms with Crippen molar-refractivity contribution in [2.45, 2.75) is 38.5 Å². The summed E-state index contributed by atoms with van der Waals surface area (Å²) in [7, 11) is 0. The monoisotopic (exact) mass is 475 g/mol. The topological polar surface area (TPSA) is 91.0 Å². The van der Waals surface area contributed by atoms with Crippen molar-refractivity contribution in [3.05, 3.63) is 64.5 Å². The first kappa shape index (κ1) is 14.2. The van der Waals surface area contributed by atoms with Gasteiger partial charge in [-0.25, -0.2) is 4.39 Å². The maximum atomic E-state index is 15.2. The third kappa shape index (κ3) is 4.53. The summed E-state index contributed by atoms with van der Waals surface area (Å²) in [6, 6.07) is 6.56. The molecule has 5 rings (SSSR count). The van der Waals surface area contributed by atoms with Gasteiger partial charge >= 0.3 is 0 Å². The summed E-state index contributed by atoms with van der Waals surface area (Å²) < 4.78 is 92.0. The van der Waals surface area contributed by atoms with Gasteiger partial charge in [0.1, 0.15) is 11.8 Å². The molecule has 2 N–H and O–H groups in total. The summed E-state index contributed by atoms with van der Waals surface area (Å²) >= 11 is 0. The third-order valence-corrected chi connectivity index (χ3v) is 5.79. The van der Waals surface area contributed by atoms with Crippen LogP contribution in [0.15, 0.2) is 36.4 Å². The van der Waals surface area contributed by atoms with E-state index in [1.165, 1.54) is 12.1 Å². The van der Waals surface area contributed by atoms with E-state index in [1.807, 2.05) is 0 Å². The highest BCUT2D eigenvalue weighted by Crippen LogP contribution is 2.32. The van der Waals surface area contributed by atoms with Crippen LogP contribution in [-0.2, 0) is 34.0 Å². The quantitative estimate of drug-likeness (QED) is 0.622. The largest absolute Gasteiger partial charge is 0.381 e. The van der Waals surface area contributed by atoms with Crippen LogP contribution in [0.1, 0.15) is 52.2 Å². The second kappa shape index (κ2) is 9.52. The zero-order valence-corrected chi connectivity index (χ0v) is 17.9. The fourth-order valence-electron chi connectivity index (χ4n) is 4.07. The van der Waals surface area contributed by atoms with Crippen molar-refractivity contribution in [1.29, 1.82) is 0 Å². The summed E-state index contributed by atoms with van der Waals surface area (Å²) in [5, 5.41) is 5.15. The molecule has 9 heteroatoms. The van der Waals surface area contributed by atoms with Crippen LogP contribution in [0.25, 0.3) is 0 Å². The third-order valence-electron chi connectivity index (χ3n) is 5.79. The highest BCUT2D eigenvalue weighted by atomic mass is 19.1. The molecule has 2 saturated heterocycles. The number of fused-ring (bicyclic) bond motifs is 1. The van der Waals surface area contributed by atoms with Gasteiger partial charge in [0, 0.05) is 66.9 Å². The lowest BCUT2D eigenvalue weighted by Gasteiger charge is -2.29. The van der Waals surface area contributed by atoms with Crippen LogP contribution in [0.2, 0.25) is 0 Å². The number of imide groups is 1. The molecule has 0 aliphatic carbocycles. The van der Waals surface area contributed by atoms with E-state index in [4.69, 9.17) is 12.3 Å². The van der Waals surface area contributed by atoms with Gasteiger partial charge in [-0.15, -0.1) is 0 Å². The average molecular weight is 476 g/mol. The van der Waals surface area contributed by atoms with Gasteiger partial charge in [0.25, 0.3) is 5.91 Å². The minimum Gasteiger partial charge on any atom is -0.381 e. The molecule has 1 atom stereocenters. The second-order valence-electron chi connectivity index (χ2n) is 7.94. The number of nitrogens with zero attached hydrogens (tertiary/aromatic N) is 2. The molecule has 34 heavy (non-hydrogen) atoms. The van der Waals surface area contributed by atoms with Gasteiger partial charge in [-0.05, 0) is 30.2 Å². The van der Waals surface area contributed by atoms with Gasteiger partial charge in [0.05, 0.1) is 20.0 Å². The number of benzene rings is 2. The van der Waals surface area contributed by atoms with Gasteiger partial charge in [-0.1, -0.05) is 18.2 Å². The molecule has 2 fully saturated rings. The molecule has 3 amide bonds. The Morgan fingerprint density at radius 3 is 2.79 bits per heavy atom. The van der Waals surface area contributed by atoms with Crippen LogP contribution >= 0.6 is 0 Å². The number of carbonyl (C=O) groups excluding carboxylic acids is 3.